The number of terminal acetylenes is 1. The molecule has 1 aliphatic rings. The molecule has 150 valence electrons. The fraction of sp³-hybridized carbons (Fsp3) is 0.125. The largest absolute Gasteiger partial charge is 0.295 e. The summed E-state index contributed by atoms with van der Waals surface area (Å²) >= 11 is 16.3. The Hall–Kier alpha value is -1.65. The minimum atomic E-state index is -0.842. The molecule has 30 heavy (non-hydrogen) atoms. The van der Waals surface area contributed by atoms with Gasteiger partial charge in [0.1, 0.15) is 14.2 Å². The van der Waals surface area contributed by atoms with E-state index in [-0.39, 0.29) is 5.91 Å². The number of carbonyl (C=O) groups is 1. The second-order valence-corrected chi connectivity index (χ2v) is 10.1. The van der Waals surface area contributed by atoms with E-state index in [0.29, 0.717) is 10.0 Å². The molecule has 3 aromatic rings. The predicted octanol–water partition coefficient (Wildman–Crippen LogP) is 6.91. The first-order chi connectivity index (χ1) is 14.5. The lowest BCUT2D eigenvalue weighted by Gasteiger charge is -2.39. The van der Waals surface area contributed by atoms with Crippen LogP contribution < -0.4 is 0 Å². The molecule has 6 heteroatoms. The van der Waals surface area contributed by atoms with Gasteiger partial charge in [-0.2, -0.15) is 0 Å². The van der Waals surface area contributed by atoms with Crippen LogP contribution in [0, 0.1) is 12.3 Å². The van der Waals surface area contributed by atoms with Crippen LogP contribution in [-0.2, 0) is 9.67 Å². The summed E-state index contributed by atoms with van der Waals surface area (Å²) in [5.74, 6) is 2.72. The average molecular weight is 564 g/mol. The fourth-order valence-electron chi connectivity index (χ4n) is 3.70. The summed E-state index contributed by atoms with van der Waals surface area (Å²) in [7, 11) is 0. The lowest BCUT2D eigenvalue weighted by Crippen LogP contribution is -2.46. The molecule has 1 amide bonds. The molecule has 0 saturated carbocycles. The molecule has 3 unspecified atom stereocenters. The van der Waals surface area contributed by atoms with Crippen molar-refractivity contribution in [3.05, 3.63) is 106 Å². The van der Waals surface area contributed by atoms with Crippen molar-refractivity contribution in [1.29, 1.82) is 0 Å². The highest BCUT2D eigenvalue weighted by molar-refractivity contribution is 14.1. The maximum absolute atomic E-state index is 13.8. The van der Waals surface area contributed by atoms with E-state index < -0.39 is 14.2 Å². The smallest absolute Gasteiger partial charge is 0.243 e. The van der Waals surface area contributed by atoms with Crippen LogP contribution in [0.25, 0.3) is 0 Å². The molecular formula is C24H16Cl2INOS. The van der Waals surface area contributed by atoms with Crippen molar-refractivity contribution < 1.29 is 4.79 Å². The normalized spacial score (nSPS) is 22.0. The van der Waals surface area contributed by atoms with Crippen molar-refractivity contribution in [1.82, 2.24) is 4.90 Å². The minimum Gasteiger partial charge on any atom is -0.295 e. The van der Waals surface area contributed by atoms with E-state index in [1.165, 1.54) is 0 Å². The molecule has 1 saturated heterocycles. The molecule has 1 heterocycles. The van der Waals surface area contributed by atoms with Gasteiger partial charge in [-0.3, -0.25) is 9.69 Å². The van der Waals surface area contributed by atoms with Crippen molar-refractivity contribution in [2.45, 2.75) is 14.2 Å². The van der Waals surface area contributed by atoms with Crippen molar-refractivity contribution in [3.63, 3.8) is 0 Å². The van der Waals surface area contributed by atoms with Crippen LogP contribution in [0.4, 0.5) is 0 Å². The fourth-order valence-corrected chi connectivity index (χ4v) is 6.57. The highest BCUT2D eigenvalue weighted by Crippen LogP contribution is 2.60. The Labute approximate surface area is 204 Å². The molecule has 3 aromatic carbocycles. The van der Waals surface area contributed by atoms with Gasteiger partial charge in [-0.25, -0.2) is 0 Å². The van der Waals surface area contributed by atoms with Gasteiger partial charge in [0.25, 0.3) is 0 Å². The van der Waals surface area contributed by atoms with Crippen LogP contribution in [0.5, 0.6) is 0 Å². The van der Waals surface area contributed by atoms with Gasteiger partial charge in [-0.15, -0.1) is 18.2 Å². The second kappa shape index (κ2) is 8.84. The van der Waals surface area contributed by atoms with E-state index in [1.54, 1.807) is 22.7 Å². The van der Waals surface area contributed by atoms with Gasteiger partial charge >= 0.3 is 0 Å². The van der Waals surface area contributed by atoms with Gasteiger partial charge < -0.3 is 0 Å². The first-order valence-electron chi connectivity index (χ1n) is 9.16. The highest BCUT2D eigenvalue weighted by atomic mass is 127. The van der Waals surface area contributed by atoms with Gasteiger partial charge in [-0.1, -0.05) is 95.9 Å². The summed E-state index contributed by atoms with van der Waals surface area (Å²) in [4.78, 5) is 14.7. The Balaban J connectivity index is 2.00. The molecular weight excluding hydrogens is 548 g/mol. The summed E-state index contributed by atoms with van der Waals surface area (Å²) in [6.45, 7) is 0. The quantitative estimate of drug-likeness (QED) is 0.149. The Morgan fingerprint density at radius 3 is 2.20 bits per heavy atom. The molecule has 4 rings (SSSR count). The SMILES string of the molecule is C#CC(I)N1C(=O)C(c2ccccc2)SC1(c1ccccc1)c1ccc(Cl)c(Cl)c1. The lowest BCUT2D eigenvalue weighted by molar-refractivity contribution is -0.131. The van der Waals surface area contributed by atoms with E-state index in [1.807, 2.05) is 72.8 Å². The third-order valence-electron chi connectivity index (χ3n) is 5.03. The lowest BCUT2D eigenvalue weighted by atomic mass is 9.95. The number of alkyl halides is 1. The average Bonchev–Trinajstić information content (AvgIpc) is 3.10. The molecule has 1 aliphatic heterocycles. The zero-order chi connectivity index (χ0) is 21.3. The number of hydrogen-bond acceptors (Lipinski definition) is 2. The van der Waals surface area contributed by atoms with Crippen LogP contribution in [0.1, 0.15) is 21.9 Å². The summed E-state index contributed by atoms with van der Waals surface area (Å²) < 4.78 is -0.453. The Bertz CT molecular complexity index is 1120. The third kappa shape index (κ3) is 3.62. The molecule has 1 fully saturated rings. The number of halogens is 3. The van der Waals surface area contributed by atoms with E-state index in [2.05, 4.69) is 28.5 Å². The number of rotatable bonds is 4. The molecule has 0 spiro atoms. The second-order valence-electron chi connectivity index (χ2n) is 6.76. The Morgan fingerprint density at radius 2 is 1.60 bits per heavy atom. The van der Waals surface area contributed by atoms with Crippen molar-refractivity contribution >= 4 is 63.5 Å². The number of nitrogens with zero attached hydrogens (tertiary/aromatic N) is 1. The summed E-state index contributed by atoms with van der Waals surface area (Å²) in [6.07, 6.45) is 5.82. The van der Waals surface area contributed by atoms with Crippen molar-refractivity contribution in [2.24, 2.45) is 0 Å². The van der Waals surface area contributed by atoms with Gasteiger partial charge in [0.05, 0.1) is 10.0 Å². The van der Waals surface area contributed by atoms with Gasteiger partial charge in [0, 0.05) is 0 Å². The van der Waals surface area contributed by atoms with E-state index in [9.17, 15) is 4.79 Å². The Morgan fingerprint density at radius 1 is 0.967 bits per heavy atom. The maximum atomic E-state index is 13.8. The topological polar surface area (TPSA) is 20.3 Å². The Kier molecular flexibility index (Phi) is 6.36. The maximum Gasteiger partial charge on any atom is 0.243 e. The van der Waals surface area contributed by atoms with Crippen LogP contribution in [-0.4, -0.2) is 14.9 Å². The van der Waals surface area contributed by atoms with Crippen molar-refractivity contribution in [2.75, 3.05) is 0 Å². The number of hydrogen-bond donors (Lipinski definition) is 0. The minimum absolute atomic E-state index is 0.0292. The van der Waals surface area contributed by atoms with Gasteiger partial charge in [-0.05, 0) is 51.4 Å². The zero-order valence-corrected chi connectivity index (χ0v) is 20.1. The van der Waals surface area contributed by atoms with Gasteiger partial charge in [0.15, 0.2) is 0 Å². The first kappa shape index (κ1) is 21.6. The zero-order valence-electron chi connectivity index (χ0n) is 15.6. The molecule has 0 aliphatic carbocycles. The highest BCUT2D eigenvalue weighted by Gasteiger charge is 2.56. The first-order valence-corrected chi connectivity index (χ1v) is 12.0. The molecule has 3 atom stereocenters. The predicted molar refractivity (Wildman–Crippen MR) is 134 cm³/mol. The van der Waals surface area contributed by atoms with E-state index in [4.69, 9.17) is 29.6 Å². The molecule has 0 bridgehead atoms. The van der Waals surface area contributed by atoms with E-state index in [0.717, 1.165) is 16.7 Å². The van der Waals surface area contributed by atoms with Crippen LogP contribution in [0.2, 0.25) is 10.0 Å². The van der Waals surface area contributed by atoms with Gasteiger partial charge in [0.2, 0.25) is 5.91 Å². The van der Waals surface area contributed by atoms with E-state index >= 15 is 0 Å². The number of benzene rings is 3. The van der Waals surface area contributed by atoms with Crippen LogP contribution in [0.3, 0.4) is 0 Å². The molecule has 0 radical (unpaired) electrons. The molecule has 0 N–H and O–H groups in total. The van der Waals surface area contributed by atoms with Crippen LogP contribution >= 0.6 is 57.6 Å². The summed E-state index contributed by atoms with van der Waals surface area (Å²) in [5, 5.41) is 0.505. The van der Waals surface area contributed by atoms with Crippen molar-refractivity contribution in [3.8, 4) is 12.3 Å². The monoisotopic (exact) mass is 563 g/mol. The number of thioether (sulfide) groups is 1. The summed E-state index contributed by atoms with van der Waals surface area (Å²) in [5.41, 5.74) is 2.75. The third-order valence-corrected chi connectivity index (χ3v) is 8.41. The summed E-state index contributed by atoms with van der Waals surface area (Å²) in [6, 6.07) is 25.2. The number of amides is 1. The standard InChI is InChI=1S/C24H16Cl2INOS/c1-2-21(27)28-23(29)22(16-9-5-3-6-10-16)30-24(28,17-11-7-4-8-12-17)18-13-14-19(25)20(26)15-18/h1,3-15,21-22H. The number of carbonyl (C=O) groups excluding carboxylic acids is 1. The molecule has 2 nitrogen and oxygen atoms in total. The molecule has 0 aromatic heterocycles. The van der Waals surface area contributed by atoms with Crippen LogP contribution in [0.15, 0.2) is 78.9 Å².